The average Bonchev–Trinajstić information content (AvgIpc) is 2.69. The summed E-state index contributed by atoms with van der Waals surface area (Å²) in [5, 5.41) is 3.54. The molecule has 1 aliphatic heterocycles. The fourth-order valence-electron chi connectivity index (χ4n) is 2.24. The first-order valence-electron chi connectivity index (χ1n) is 6.74. The standard InChI is InChI=1S/C14H17Cl2N3O2/c1-10(20)18-6-3-7-19(9-8-18)14(21)17-13-11(15)4-2-5-12(13)16/h2,4-5H,3,6-9H2,1H3,(H,17,21). The Morgan fingerprint density at radius 1 is 1.05 bits per heavy atom. The minimum Gasteiger partial charge on any atom is -0.341 e. The molecule has 1 aromatic carbocycles. The van der Waals surface area contributed by atoms with E-state index < -0.39 is 0 Å². The van der Waals surface area contributed by atoms with Gasteiger partial charge in [-0.25, -0.2) is 4.79 Å². The third-order valence-electron chi connectivity index (χ3n) is 3.42. The number of amides is 3. The molecule has 114 valence electrons. The number of anilines is 1. The Bertz CT molecular complexity index is 531. The molecule has 5 nitrogen and oxygen atoms in total. The van der Waals surface area contributed by atoms with E-state index in [-0.39, 0.29) is 11.9 Å². The maximum atomic E-state index is 12.3. The molecule has 7 heteroatoms. The highest BCUT2D eigenvalue weighted by molar-refractivity contribution is 6.39. The van der Waals surface area contributed by atoms with E-state index in [1.807, 2.05) is 0 Å². The van der Waals surface area contributed by atoms with Gasteiger partial charge < -0.3 is 15.1 Å². The average molecular weight is 330 g/mol. The third kappa shape index (κ3) is 4.02. The summed E-state index contributed by atoms with van der Waals surface area (Å²) in [6, 6.07) is 4.80. The molecule has 0 radical (unpaired) electrons. The van der Waals surface area contributed by atoms with E-state index >= 15 is 0 Å². The van der Waals surface area contributed by atoms with E-state index in [9.17, 15) is 9.59 Å². The van der Waals surface area contributed by atoms with Crippen LogP contribution in [0.15, 0.2) is 18.2 Å². The topological polar surface area (TPSA) is 52.7 Å². The molecule has 0 unspecified atom stereocenters. The number of carbonyl (C=O) groups excluding carboxylic acids is 2. The number of urea groups is 1. The minimum absolute atomic E-state index is 0.0337. The lowest BCUT2D eigenvalue weighted by Gasteiger charge is -2.22. The zero-order valence-corrected chi connectivity index (χ0v) is 13.2. The van der Waals surface area contributed by atoms with Crippen molar-refractivity contribution in [1.29, 1.82) is 0 Å². The van der Waals surface area contributed by atoms with Crippen molar-refractivity contribution in [1.82, 2.24) is 9.80 Å². The first-order valence-corrected chi connectivity index (χ1v) is 7.50. The normalized spacial score (nSPS) is 15.6. The minimum atomic E-state index is -0.254. The van der Waals surface area contributed by atoms with Crippen LogP contribution in [0, 0.1) is 0 Å². The fourth-order valence-corrected chi connectivity index (χ4v) is 2.73. The van der Waals surface area contributed by atoms with Gasteiger partial charge in [-0.1, -0.05) is 29.3 Å². The molecule has 3 amide bonds. The molecule has 1 aliphatic rings. The highest BCUT2D eigenvalue weighted by Crippen LogP contribution is 2.30. The highest BCUT2D eigenvalue weighted by Gasteiger charge is 2.21. The van der Waals surface area contributed by atoms with Crippen molar-refractivity contribution in [3.05, 3.63) is 28.2 Å². The molecule has 1 aromatic rings. The molecule has 0 aromatic heterocycles. The SMILES string of the molecule is CC(=O)N1CCCN(C(=O)Nc2c(Cl)cccc2Cl)CC1. The quantitative estimate of drug-likeness (QED) is 0.860. The Hall–Kier alpha value is -1.46. The Morgan fingerprint density at radius 3 is 2.24 bits per heavy atom. The number of nitrogens with one attached hydrogen (secondary N) is 1. The Kier molecular flexibility index (Phi) is 5.31. The Labute approximate surface area is 133 Å². The lowest BCUT2D eigenvalue weighted by atomic mass is 10.3. The second-order valence-electron chi connectivity index (χ2n) is 4.87. The number of nitrogens with zero attached hydrogens (tertiary/aromatic N) is 2. The van der Waals surface area contributed by atoms with Crippen LogP contribution in [0.3, 0.4) is 0 Å². The van der Waals surface area contributed by atoms with Crippen molar-refractivity contribution in [2.24, 2.45) is 0 Å². The zero-order valence-electron chi connectivity index (χ0n) is 11.7. The zero-order chi connectivity index (χ0) is 15.4. The summed E-state index contributed by atoms with van der Waals surface area (Å²) in [5.74, 6) is 0.0337. The number of halogens is 2. The van der Waals surface area contributed by atoms with Crippen LogP contribution in [0.1, 0.15) is 13.3 Å². The largest absolute Gasteiger partial charge is 0.341 e. The highest BCUT2D eigenvalue weighted by atomic mass is 35.5. The third-order valence-corrected chi connectivity index (χ3v) is 4.05. The van der Waals surface area contributed by atoms with Crippen molar-refractivity contribution in [2.75, 3.05) is 31.5 Å². The predicted octanol–water partition coefficient (Wildman–Crippen LogP) is 3.08. The number of para-hydroxylation sites is 1. The maximum Gasteiger partial charge on any atom is 0.321 e. The van der Waals surface area contributed by atoms with Gasteiger partial charge in [0, 0.05) is 33.1 Å². The van der Waals surface area contributed by atoms with Gasteiger partial charge in [-0.05, 0) is 18.6 Å². The molecule has 0 spiro atoms. The van der Waals surface area contributed by atoms with Crippen LogP contribution in [0.25, 0.3) is 0 Å². The van der Waals surface area contributed by atoms with Crippen LogP contribution in [-0.4, -0.2) is 47.9 Å². The number of carbonyl (C=O) groups is 2. The van der Waals surface area contributed by atoms with Crippen LogP contribution < -0.4 is 5.32 Å². The van der Waals surface area contributed by atoms with Gasteiger partial charge in [0.1, 0.15) is 0 Å². The smallest absolute Gasteiger partial charge is 0.321 e. The number of rotatable bonds is 1. The van der Waals surface area contributed by atoms with E-state index in [1.165, 1.54) is 0 Å². The van der Waals surface area contributed by atoms with Gasteiger partial charge >= 0.3 is 6.03 Å². The summed E-state index contributed by atoms with van der Waals surface area (Å²) in [5.41, 5.74) is 0.415. The summed E-state index contributed by atoms with van der Waals surface area (Å²) >= 11 is 12.1. The molecule has 0 saturated carbocycles. The van der Waals surface area contributed by atoms with E-state index in [2.05, 4.69) is 5.32 Å². The van der Waals surface area contributed by atoms with Gasteiger partial charge in [-0.15, -0.1) is 0 Å². The van der Waals surface area contributed by atoms with Crippen LogP contribution in [-0.2, 0) is 4.79 Å². The van der Waals surface area contributed by atoms with E-state index in [4.69, 9.17) is 23.2 Å². The van der Waals surface area contributed by atoms with Crippen molar-refractivity contribution in [2.45, 2.75) is 13.3 Å². The molecule has 0 bridgehead atoms. The van der Waals surface area contributed by atoms with E-state index in [1.54, 1.807) is 34.9 Å². The maximum absolute atomic E-state index is 12.3. The lowest BCUT2D eigenvalue weighted by molar-refractivity contribution is -0.128. The van der Waals surface area contributed by atoms with Gasteiger partial charge in [-0.2, -0.15) is 0 Å². The molecule has 21 heavy (non-hydrogen) atoms. The first kappa shape index (κ1) is 15.9. The Morgan fingerprint density at radius 2 is 1.62 bits per heavy atom. The van der Waals surface area contributed by atoms with Crippen molar-refractivity contribution >= 4 is 40.8 Å². The second-order valence-corrected chi connectivity index (χ2v) is 5.69. The molecular weight excluding hydrogens is 313 g/mol. The molecule has 2 rings (SSSR count). The fraction of sp³-hybridized carbons (Fsp3) is 0.429. The van der Waals surface area contributed by atoms with Gasteiger partial charge in [0.25, 0.3) is 0 Å². The summed E-state index contributed by atoms with van der Waals surface area (Å²) in [4.78, 5) is 27.1. The van der Waals surface area contributed by atoms with Gasteiger partial charge in [0.05, 0.1) is 15.7 Å². The van der Waals surface area contributed by atoms with Gasteiger partial charge in [-0.3, -0.25) is 4.79 Å². The van der Waals surface area contributed by atoms with Crippen molar-refractivity contribution in [3.63, 3.8) is 0 Å². The summed E-state index contributed by atoms with van der Waals surface area (Å²) in [7, 11) is 0. The molecule has 0 aliphatic carbocycles. The molecule has 1 heterocycles. The summed E-state index contributed by atoms with van der Waals surface area (Å²) < 4.78 is 0. The molecule has 1 fully saturated rings. The second kappa shape index (κ2) is 7.00. The predicted molar refractivity (Wildman–Crippen MR) is 83.9 cm³/mol. The summed E-state index contributed by atoms with van der Waals surface area (Å²) in [6.07, 6.45) is 0.753. The Balaban J connectivity index is 2.02. The van der Waals surface area contributed by atoms with Crippen LogP contribution >= 0.6 is 23.2 Å². The number of hydrogen-bond acceptors (Lipinski definition) is 2. The molecule has 0 atom stereocenters. The van der Waals surface area contributed by atoms with Crippen molar-refractivity contribution in [3.8, 4) is 0 Å². The monoisotopic (exact) mass is 329 g/mol. The van der Waals surface area contributed by atoms with E-state index in [0.29, 0.717) is 41.9 Å². The number of benzene rings is 1. The first-order chi connectivity index (χ1) is 9.99. The lowest BCUT2D eigenvalue weighted by Crippen LogP contribution is -2.38. The number of hydrogen-bond donors (Lipinski definition) is 1. The van der Waals surface area contributed by atoms with Crippen LogP contribution in [0.2, 0.25) is 10.0 Å². The van der Waals surface area contributed by atoms with Crippen LogP contribution in [0.5, 0.6) is 0 Å². The van der Waals surface area contributed by atoms with Gasteiger partial charge in [0.15, 0.2) is 0 Å². The molecule has 1 saturated heterocycles. The molecular formula is C14H17Cl2N3O2. The summed E-state index contributed by atoms with van der Waals surface area (Å²) in [6.45, 7) is 3.84. The van der Waals surface area contributed by atoms with Crippen molar-refractivity contribution < 1.29 is 9.59 Å². The van der Waals surface area contributed by atoms with E-state index in [0.717, 1.165) is 6.42 Å². The molecule has 1 N–H and O–H groups in total. The van der Waals surface area contributed by atoms with Crippen LogP contribution in [0.4, 0.5) is 10.5 Å². The van der Waals surface area contributed by atoms with Gasteiger partial charge in [0.2, 0.25) is 5.91 Å².